The number of nitrogens with one attached hydrogen (secondary N) is 1. The van der Waals surface area contributed by atoms with E-state index >= 15 is 0 Å². The van der Waals surface area contributed by atoms with Crippen LogP contribution in [0.25, 0.3) is 11.0 Å². The molecule has 0 unspecified atom stereocenters. The molecule has 128 valence electrons. The van der Waals surface area contributed by atoms with Crippen LogP contribution in [-0.2, 0) is 16.3 Å². The average molecular weight is 356 g/mol. The number of primary amides is 1. The molecule has 1 aromatic heterocycles. The average Bonchev–Trinajstić information content (AvgIpc) is 3.02. The molecule has 6 nitrogen and oxygen atoms in total. The number of carbonyl (C=O) groups excluding carboxylic acids is 1. The number of hydrogen-bond donors (Lipinski definition) is 2. The van der Waals surface area contributed by atoms with Gasteiger partial charge in [-0.05, 0) is 36.6 Å². The van der Waals surface area contributed by atoms with E-state index in [1.165, 1.54) is 0 Å². The van der Waals surface area contributed by atoms with Gasteiger partial charge >= 0.3 is 0 Å². The first-order valence-electron chi connectivity index (χ1n) is 7.92. The number of benzene rings is 2. The largest absolute Gasteiger partial charge is 0.449 e. The van der Waals surface area contributed by atoms with Gasteiger partial charge in [0.1, 0.15) is 10.5 Å². The highest BCUT2D eigenvalue weighted by atomic mass is 32.2. The van der Waals surface area contributed by atoms with Gasteiger partial charge in [0, 0.05) is 11.9 Å². The number of rotatable bonds is 3. The minimum absolute atomic E-state index is 0.138. The van der Waals surface area contributed by atoms with Crippen LogP contribution in [0.3, 0.4) is 0 Å². The summed E-state index contributed by atoms with van der Waals surface area (Å²) in [6, 6.07) is 11.8. The fraction of sp³-hybridized carbons (Fsp3) is 0.167. The minimum Gasteiger partial charge on any atom is -0.449 e. The summed E-state index contributed by atoms with van der Waals surface area (Å²) in [6.07, 6.45) is 1.75. The number of fused-ring (bicyclic) bond motifs is 2. The van der Waals surface area contributed by atoms with E-state index in [2.05, 4.69) is 5.32 Å². The molecule has 0 aliphatic carbocycles. The van der Waals surface area contributed by atoms with Crippen molar-refractivity contribution in [2.45, 2.75) is 22.6 Å². The van der Waals surface area contributed by atoms with E-state index in [1.807, 2.05) is 6.07 Å². The number of hydrogen-bond acceptors (Lipinski definition) is 5. The van der Waals surface area contributed by atoms with E-state index in [0.29, 0.717) is 23.2 Å². The van der Waals surface area contributed by atoms with Crippen LogP contribution >= 0.6 is 0 Å². The first kappa shape index (κ1) is 15.7. The topological polar surface area (TPSA) is 102 Å². The maximum absolute atomic E-state index is 13.4. The fourth-order valence-electron chi connectivity index (χ4n) is 3.26. The Morgan fingerprint density at radius 1 is 1.12 bits per heavy atom. The summed E-state index contributed by atoms with van der Waals surface area (Å²) >= 11 is 0. The Hall–Kier alpha value is -2.80. The van der Waals surface area contributed by atoms with Crippen molar-refractivity contribution in [1.82, 2.24) is 0 Å². The number of amides is 1. The molecule has 0 saturated heterocycles. The molecule has 0 saturated carbocycles. The number of nitrogens with two attached hydrogens (primary N) is 1. The van der Waals surface area contributed by atoms with Gasteiger partial charge in [0.15, 0.2) is 0 Å². The summed E-state index contributed by atoms with van der Waals surface area (Å²) in [4.78, 5) is 11.8. The smallest absolute Gasteiger partial charge is 0.285 e. The molecule has 0 spiro atoms. The van der Waals surface area contributed by atoms with Gasteiger partial charge in [0.05, 0.1) is 10.6 Å². The van der Waals surface area contributed by atoms with Crippen LogP contribution in [0.4, 0.5) is 5.69 Å². The minimum atomic E-state index is -4.00. The molecule has 7 heteroatoms. The zero-order valence-corrected chi connectivity index (χ0v) is 14.1. The molecule has 1 aliphatic heterocycles. The molecular weight excluding hydrogens is 340 g/mol. The highest BCUT2D eigenvalue weighted by Gasteiger charge is 2.33. The lowest BCUT2D eigenvalue weighted by Gasteiger charge is -2.21. The number of aryl methyl sites for hydroxylation is 1. The van der Waals surface area contributed by atoms with Crippen LogP contribution < -0.4 is 11.1 Å². The number of furan rings is 1. The van der Waals surface area contributed by atoms with Crippen molar-refractivity contribution in [3.8, 4) is 0 Å². The predicted molar refractivity (Wildman–Crippen MR) is 93.4 cm³/mol. The Balaban J connectivity index is 2.03. The molecule has 1 amide bonds. The summed E-state index contributed by atoms with van der Waals surface area (Å²) in [5.74, 6) is -1.25. The van der Waals surface area contributed by atoms with Crippen LogP contribution in [-0.4, -0.2) is 20.9 Å². The van der Waals surface area contributed by atoms with Crippen molar-refractivity contribution in [1.29, 1.82) is 0 Å². The van der Waals surface area contributed by atoms with Crippen LogP contribution in [0.2, 0.25) is 0 Å². The molecule has 25 heavy (non-hydrogen) atoms. The normalized spacial score (nSPS) is 14.1. The second-order valence-electron chi connectivity index (χ2n) is 5.94. The van der Waals surface area contributed by atoms with Gasteiger partial charge in [-0.1, -0.05) is 24.3 Å². The van der Waals surface area contributed by atoms with E-state index in [4.69, 9.17) is 10.2 Å². The van der Waals surface area contributed by atoms with Crippen molar-refractivity contribution in [3.05, 3.63) is 53.8 Å². The Morgan fingerprint density at radius 2 is 1.92 bits per heavy atom. The van der Waals surface area contributed by atoms with Gasteiger partial charge < -0.3 is 15.5 Å². The quantitative estimate of drug-likeness (QED) is 0.751. The molecule has 0 bridgehead atoms. The summed E-state index contributed by atoms with van der Waals surface area (Å²) in [6.45, 7) is 0.703. The number of sulfone groups is 1. The summed E-state index contributed by atoms with van der Waals surface area (Å²) in [5, 5.41) is 3.52. The predicted octanol–water partition coefficient (Wildman–Crippen LogP) is 2.72. The first-order chi connectivity index (χ1) is 12.0. The van der Waals surface area contributed by atoms with Gasteiger partial charge in [-0.15, -0.1) is 0 Å². The van der Waals surface area contributed by atoms with Gasteiger partial charge in [0.25, 0.3) is 5.91 Å². The lowest BCUT2D eigenvalue weighted by atomic mass is 10.0. The van der Waals surface area contributed by atoms with Crippen molar-refractivity contribution in [3.63, 3.8) is 0 Å². The number of carbonyl (C=O) groups is 1. The van der Waals surface area contributed by atoms with Crippen LogP contribution in [0.1, 0.15) is 22.5 Å². The van der Waals surface area contributed by atoms with Crippen molar-refractivity contribution in [2.24, 2.45) is 5.73 Å². The zero-order valence-electron chi connectivity index (χ0n) is 13.3. The second-order valence-corrected chi connectivity index (χ2v) is 7.80. The monoisotopic (exact) mass is 356 g/mol. The lowest BCUT2D eigenvalue weighted by Crippen LogP contribution is -2.18. The number of anilines is 1. The molecule has 2 aromatic carbocycles. The molecule has 0 fully saturated rings. The Kier molecular flexibility index (Phi) is 3.54. The maximum Gasteiger partial charge on any atom is 0.285 e. The highest BCUT2D eigenvalue weighted by Crippen LogP contribution is 2.38. The summed E-state index contributed by atoms with van der Waals surface area (Å²) in [7, 11) is -4.00. The van der Waals surface area contributed by atoms with Crippen molar-refractivity contribution < 1.29 is 17.6 Å². The van der Waals surface area contributed by atoms with Gasteiger partial charge in [0.2, 0.25) is 15.6 Å². The fourth-order valence-corrected chi connectivity index (χ4v) is 5.06. The molecule has 3 N–H and O–H groups in total. The Morgan fingerprint density at radius 3 is 2.72 bits per heavy atom. The van der Waals surface area contributed by atoms with Gasteiger partial charge in [-0.3, -0.25) is 4.79 Å². The van der Waals surface area contributed by atoms with E-state index in [9.17, 15) is 13.2 Å². The van der Waals surface area contributed by atoms with Crippen molar-refractivity contribution >= 4 is 32.4 Å². The molecule has 0 atom stereocenters. The van der Waals surface area contributed by atoms with E-state index in [-0.39, 0.29) is 15.6 Å². The third-order valence-electron chi connectivity index (χ3n) is 4.37. The Labute approximate surface area is 144 Å². The molecular formula is C18H16N2O4S. The van der Waals surface area contributed by atoms with Crippen LogP contribution in [0.5, 0.6) is 0 Å². The zero-order chi connectivity index (χ0) is 17.6. The molecule has 0 radical (unpaired) electrons. The van der Waals surface area contributed by atoms with Crippen LogP contribution in [0, 0.1) is 0 Å². The summed E-state index contributed by atoms with van der Waals surface area (Å²) < 4.78 is 32.2. The molecule has 1 aliphatic rings. The van der Waals surface area contributed by atoms with E-state index < -0.39 is 15.7 Å². The highest BCUT2D eigenvalue weighted by molar-refractivity contribution is 7.92. The number of para-hydroxylation sites is 2. The standard InChI is InChI=1S/C18H16N2O4S/c19-18(21)16-17(12-7-1-2-8-13(12)24-16)25(22,23)14-9-3-5-11-6-4-10-20-15(11)14/h1-3,5,7-9,20H,4,6,10H2,(H2,19,21). The maximum atomic E-state index is 13.4. The SMILES string of the molecule is NC(=O)c1oc2ccccc2c1S(=O)(=O)c1cccc2c1NCCC2. The molecule has 3 aromatic rings. The summed E-state index contributed by atoms with van der Waals surface area (Å²) in [5.41, 5.74) is 7.23. The van der Waals surface area contributed by atoms with Gasteiger partial charge in [-0.25, -0.2) is 8.42 Å². The van der Waals surface area contributed by atoms with E-state index in [0.717, 1.165) is 18.4 Å². The second kappa shape index (κ2) is 5.63. The third-order valence-corrected chi connectivity index (χ3v) is 6.23. The van der Waals surface area contributed by atoms with Crippen LogP contribution in [0.15, 0.2) is 56.7 Å². The van der Waals surface area contributed by atoms with Gasteiger partial charge in [-0.2, -0.15) is 0 Å². The Bertz CT molecular complexity index is 1100. The lowest BCUT2D eigenvalue weighted by molar-refractivity contribution is 0.0971. The van der Waals surface area contributed by atoms with Crippen molar-refractivity contribution in [2.75, 3.05) is 11.9 Å². The third kappa shape index (κ3) is 2.39. The van der Waals surface area contributed by atoms with E-state index in [1.54, 1.807) is 36.4 Å². The first-order valence-corrected chi connectivity index (χ1v) is 9.40. The molecule has 2 heterocycles. The molecule has 4 rings (SSSR count).